The van der Waals surface area contributed by atoms with Crippen molar-refractivity contribution in [2.75, 3.05) is 7.05 Å². The standard InChI is InChI=1S/C15H17BrN2/c1-17-15(10-13-3-2-8-18-11-13)9-12-4-6-14(16)7-5-12/h2-8,11,15,17H,9-10H2,1H3. The van der Waals surface area contributed by atoms with Gasteiger partial charge >= 0.3 is 0 Å². The van der Waals surface area contributed by atoms with Gasteiger partial charge in [-0.3, -0.25) is 4.98 Å². The lowest BCUT2D eigenvalue weighted by atomic mass is 10.0. The van der Waals surface area contributed by atoms with Crippen molar-refractivity contribution < 1.29 is 0 Å². The molecule has 0 amide bonds. The summed E-state index contributed by atoms with van der Waals surface area (Å²) in [4.78, 5) is 4.16. The molecule has 1 N–H and O–H groups in total. The highest BCUT2D eigenvalue weighted by Crippen LogP contribution is 2.13. The SMILES string of the molecule is CNC(Cc1ccc(Br)cc1)Cc1cccnc1. The number of likely N-dealkylation sites (N-methyl/N-ethyl adjacent to an activating group) is 1. The molecule has 0 spiro atoms. The first-order valence-electron chi connectivity index (χ1n) is 6.08. The van der Waals surface area contributed by atoms with Gasteiger partial charge in [0, 0.05) is 22.9 Å². The first-order chi connectivity index (χ1) is 8.78. The highest BCUT2D eigenvalue weighted by molar-refractivity contribution is 9.10. The van der Waals surface area contributed by atoms with Crippen LogP contribution in [0.2, 0.25) is 0 Å². The third-order valence-electron chi connectivity index (χ3n) is 3.01. The summed E-state index contributed by atoms with van der Waals surface area (Å²) in [6.07, 6.45) is 5.78. The second-order valence-electron chi connectivity index (χ2n) is 4.38. The molecule has 1 aromatic carbocycles. The van der Waals surface area contributed by atoms with Crippen molar-refractivity contribution in [2.24, 2.45) is 0 Å². The Balaban J connectivity index is 1.99. The number of rotatable bonds is 5. The maximum absolute atomic E-state index is 4.16. The van der Waals surface area contributed by atoms with Gasteiger partial charge in [0.1, 0.15) is 0 Å². The van der Waals surface area contributed by atoms with Gasteiger partial charge in [0.05, 0.1) is 0 Å². The van der Waals surface area contributed by atoms with Crippen molar-refractivity contribution in [1.29, 1.82) is 0 Å². The van der Waals surface area contributed by atoms with E-state index in [0.29, 0.717) is 6.04 Å². The summed E-state index contributed by atoms with van der Waals surface area (Å²) in [6, 6.07) is 13.1. The average molecular weight is 305 g/mol. The maximum atomic E-state index is 4.16. The molecule has 0 aliphatic heterocycles. The Kier molecular flexibility index (Phi) is 4.90. The number of nitrogens with one attached hydrogen (secondary N) is 1. The first-order valence-corrected chi connectivity index (χ1v) is 6.88. The lowest BCUT2D eigenvalue weighted by molar-refractivity contribution is 0.555. The average Bonchev–Trinajstić information content (AvgIpc) is 2.41. The van der Waals surface area contributed by atoms with E-state index in [2.05, 4.69) is 56.6 Å². The number of hydrogen-bond donors (Lipinski definition) is 1. The van der Waals surface area contributed by atoms with Gasteiger partial charge in [-0.15, -0.1) is 0 Å². The molecule has 1 heterocycles. The topological polar surface area (TPSA) is 24.9 Å². The molecule has 1 aromatic heterocycles. The molecule has 0 saturated carbocycles. The van der Waals surface area contributed by atoms with Crippen LogP contribution in [0.3, 0.4) is 0 Å². The van der Waals surface area contributed by atoms with E-state index in [1.807, 2.05) is 25.5 Å². The van der Waals surface area contributed by atoms with Crippen molar-refractivity contribution in [3.05, 3.63) is 64.4 Å². The van der Waals surface area contributed by atoms with Gasteiger partial charge in [-0.1, -0.05) is 34.1 Å². The molecule has 0 saturated heterocycles. The fraction of sp³-hybridized carbons (Fsp3) is 0.267. The molecular formula is C15H17BrN2. The van der Waals surface area contributed by atoms with Crippen molar-refractivity contribution in [3.63, 3.8) is 0 Å². The first kappa shape index (κ1) is 13.2. The fourth-order valence-electron chi connectivity index (χ4n) is 1.98. The number of benzene rings is 1. The van der Waals surface area contributed by atoms with E-state index >= 15 is 0 Å². The second kappa shape index (κ2) is 6.66. The Morgan fingerprint density at radius 1 is 1.11 bits per heavy atom. The van der Waals surface area contributed by atoms with Crippen LogP contribution < -0.4 is 5.32 Å². The molecule has 0 fully saturated rings. The highest BCUT2D eigenvalue weighted by atomic mass is 79.9. The normalized spacial score (nSPS) is 12.3. The van der Waals surface area contributed by atoms with Gasteiger partial charge in [0.25, 0.3) is 0 Å². The van der Waals surface area contributed by atoms with Crippen LogP contribution in [0.15, 0.2) is 53.3 Å². The summed E-state index contributed by atoms with van der Waals surface area (Å²) in [5.41, 5.74) is 2.62. The third kappa shape index (κ3) is 3.93. The van der Waals surface area contributed by atoms with Crippen LogP contribution in [0.25, 0.3) is 0 Å². The van der Waals surface area contributed by atoms with E-state index in [1.165, 1.54) is 11.1 Å². The van der Waals surface area contributed by atoms with E-state index in [-0.39, 0.29) is 0 Å². The minimum Gasteiger partial charge on any atom is -0.316 e. The van der Waals surface area contributed by atoms with Crippen LogP contribution in [-0.2, 0) is 12.8 Å². The van der Waals surface area contributed by atoms with E-state index < -0.39 is 0 Å². The zero-order chi connectivity index (χ0) is 12.8. The third-order valence-corrected chi connectivity index (χ3v) is 3.54. The molecule has 0 aliphatic rings. The van der Waals surface area contributed by atoms with Crippen LogP contribution in [0, 0.1) is 0 Å². The lowest BCUT2D eigenvalue weighted by Crippen LogP contribution is -2.29. The van der Waals surface area contributed by atoms with E-state index in [1.54, 1.807) is 0 Å². The van der Waals surface area contributed by atoms with Crippen molar-refractivity contribution in [2.45, 2.75) is 18.9 Å². The molecule has 2 nitrogen and oxygen atoms in total. The largest absolute Gasteiger partial charge is 0.316 e. The quantitative estimate of drug-likeness (QED) is 0.917. The van der Waals surface area contributed by atoms with Crippen LogP contribution >= 0.6 is 15.9 Å². The predicted octanol–water partition coefficient (Wildman–Crippen LogP) is 3.22. The molecule has 1 unspecified atom stereocenters. The smallest absolute Gasteiger partial charge is 0.0300 e. The summed E-state index contributed by atoms with van der Waals surface area (Å²) in [5, 5.41) is 3.37. The Morgan fingerprint density at radius 2 is 1.83 bits per heavy atom. The highest BCUT2D eigenvalue weighted by Gasteiger charge is 2.08. The molecule has 2 rings (SSSR count). The molecule has 2 aromatic rings. The Hall–Kier alpha value is -1.19. The predicted molar refractivity (Wildman–Crippen MR) is 78.6 cm³/mol. The van der Waals surface area contributed by atoms with Gasteiger partial charge < -0.3 is 5.32 Å². The van der Waals surface area contributed by atoms with Gasteiger partial charge in [-0.05, 0) is 49.2 Å². The Bertz CT molecular complexity index is 468. The Labute approximate surface area is 117 Å². The molecule has 0 bridgehead atoms. The minimum absolute atomic E-state index is 0.440. The van der Waals surface area contributed by atoms with Crippen LogP contribution in [0.1, 0.15) is 11.1 Å². The number of aromatic nitrogens is 1. The summed E-state index contributed by atoms with van der Waals surface area (Å²) in [6.45, 7) is 0. The number of hydrogen-bond acceptors (Lipinski definition) is 2. The zero-order valence-electron chi connectivity index (χ0n) is 10.4. The van der Waals surface area contributed by atoms with Crippen LogP contribution in [0.5, 0.6) is 0 Å². The van der Waals surface area contributed by atoms with Gasteiger partial charge in [0.2, 0.25) is 0 Å². The fourth-order valence-corrected chi connectivity index (χ4v) is 2.25. The summed E-state index contributed by atoms with van der Waals surface area (Å²) < 4.78 is 1.12. The Morgan fingerprint density at radius 3 is 2.44 bits per heavy atom. The number of pyridine rings is 1. The van der Waals surface area contributed by atoms with Crippen LogP contribution in [0.4, 0.5) is 0 Å². The van der Waals surface area contributed by atoms with Gasteiger partial charge in [-0.25, -0.2) is 0 Å². The summed E-state index contributed by atoms with van der Waals surface area (Å²) in [5.74, 6) is 0. The van der Waals surface area contributed by atoms with Crippen LogP contribution in [-0.4, -0.2) is 18.1 Å². The minimum atomic E-state index is 0.440. The van der Waals surface area contributed by atoms with Crippen molar-refractivity contribution in [1.82, 2.24) is 10.3 Å². The van der Waals surface area contributed by atoms with Crippen molar-refractivity contribution >= 4 is 15.9 Å². The van der Waals surface area contributed by atoms with E-state index in [4.69, 9.17) is 0 Å². The maximum Gasteiger partial charge on any atom is 0.0300 e. The molecule has 0 radical (unpaired) electrons. The number of nitrogens with zero attached hydrogens (tertiary/aromatic N) is 1. The molecule has 3 heteroatoms. The number of halogens is 1. The molecule has 0 aliphatic carbocycles. The lowest BCUT2D eigenvalue weighted by Gasteiger charge is -2.16. The molecule has 94 valence electrons. The van der Waals surface area contributed by atoms with E-state index in [0.717, 1.165) is 17.3 Å². The molecular weight excluding hydrogens is 288 g/mol. The monoisotopic (exact) mass is 304 g/mol. The van der Waals surface area contributed by atoms with Gasteiger partial charge in [0.15, 0.2) is 0 Å². The summed E-state index contributed by atoms with van der Waals surface area (Å²) in [7, 11) is 2.01. The molecule has 1 atom stereocenters. The zero-order valence-corrected chi connectivity index (χ0v) is 12.0. The summed E-state index contributed by atoms with van der Waals surface area (Å²) >= 11 is 3.46. The van der Waals surface area contributed by atoms with E-state index in [9.17, 15) is 0 Å². The van der Waals surface area contributed by atoms with Gasteiger partial charge in [-0.2, -0.15) is 0 Å². The van der Waals surface area contributed by atoms with Crippen molar-refractivity contribution in [3.8, 4) is 0 Å². The molecule has 18 heavy (non-hydrogen) atoms. The second-order valence-corrected chi connectivity index (χ2v) is 5.30.